The zero-order chi connectivity index (χ0) is 20.4. The highest BCUT2D eigenvalue weighted by Crippen LogP contribution is 2.40. The van der Waals surface area contributed by atoms with Gasteiger partial charge in [-0.25, -0.2) is 0 Å². The minimum absolute atomic E-state index is 0.0271. The minimum atomic E-state index is -0.0271. The summed E-state index contributed by atoms with van der Waals surface area (Å²) in [5.74, 6) is 1.32. The molecule has 2 aromatic rings. The predicted octanol–water partition coefficient (Wildman–Crippen LogP) is 3.39. The summed E-state index contributed by atoms with van der Waals surface area (Å²) in [5.41, 5.74) is 4.74. The molecule has 6 nitrogen and oxygen atoms in total. The first-order chi connectivity index (χ1) is 14.1. The van der Waals surface area contributed by atoms with Gasteiger partial charge in [0, 0.05) is 48.0 Å². The number of pyridine rings is 1. The van der Waals surface area contributed by atoms with E-state index in [1.54, 1.807) is 7.11 Å². The number of aromatic nitrogens is 1. The first kappa shape index (κ1) is 20.2. The molecule has 2 heterocycles. The van der Waals surface area contributed by atoms with Crippen molar-refractivity contribution in [3.63, 3.8) is 0 Å². The second kappa shape index (κ2) is 8.76. The Balaban J connectivity index is 1.68. The van der Waals surface area contributed by atoms with Crippen molar-refractivity contribution in [2.45, 2.75) is 58.0 Å². The predicted molar refractivity (Wildman–Crippen MR) is 116 cm³/mol. The number of aryl methyl sites for hydroxylation is 1. The van der Waals surface area contributed by atoms with Gasteiger partial charge in [0.1, 0.15) is 6.61 Å². The van der Waals surface area contributed by atoms with Crippen molar-refractivity contribution in [3.05, 3.63) is 23.4 Å². The number of benzene rings is 1. The summed E-state index contributed by atoms with van der Waals surface area (Å²) in [4.78, 5) is 7.50. The van der Waals surface area contributed by atoms with E-state index in [4.69, 9.17) is 19.6 Å². The minimum Gasteiger partial charge on any atom is -0.493 e. The number of ether oxygens (including phenoxy) is 2. The summed E-state index contributed by atoms with van der Waals surface area (Å²) in [6.45, 7) is 7.05. The smallest absolute Gasteiger partial charge is 0.163 e. The van der Waals surface area contributed by atoms with Crippen molar-refractivity contribution >= 4 is 16.6 Å². The van der Waals surface area contributed by atoms with Crippen LogP contribution < -0.4 is 14.8 Å². The normalized spacial score (nSPS) is 17.7. The Labute approximate surface area is 173 Å². The standard InChI is InChI=1S/C23H33N3O3/c1-15(2)26-9-7-16(8-10-26)24-23-17-5-4-6-19(17)25-20-14-22(29-12-11-27)21(28-3)13-18(20)23/h13-16,27H,4-12H2,1-3H3,(H,24,25). The maximum atomic E-state index is 9.12. The molecule has 1 aromatic heterocycles. The number of likely N-dealkylation sites (tertiary alicyclic amines) is 1. The van der Waals surface area contributed by atoms with Crippen LogP contribution in [0.2, 0.25) is 0 Å². The highest BCUT2D eigenvalue weighted by atomic mass is 16.5. The number of fused-ring (bicyclic) bond motifs is 2. The van der Waals surface area contributed by atoms with Crippen LogP contribution in [0, 0.1) is 0 Å². The molecule has 0 amide bonds. The summed E-state index contributed by atoms with van der Waals surface area (Å²) >= 11 is 0. The highest BCUT2D eigenvalue weighted by Gasteiger charge is 2.25. The van der Waals surface area contributed by atoms with Gasteiger partial charge in [-0.15, -0.1) is 0 Å². The number of piperidine rings is 1. The Morgan fingerprint density at radius 2 is 2.00 bits per heavy atom. The van der Waals surface area contributed by atoms with Gasteiger partial charge in [-0.05, 0) is 57.6 Å². The van der Waals surface area contributed by atoms with Gasteiger partial charge in [0.05, 0.1) is 19.2 Å². The Bertz CT molecular complexity index is 860. The molecule has 0 radical (unpaired) electrons. The molecule has 1 aliphatic carbocycles. The molecule has 0 bridgehead atoms. The molecule has 4 rings (SSSR count). The number of rotatable bonds is 7. The molecule has 6 heteroatoms. The molecule has 2 aliphatic rings. The second-order valence-corrected chi connectivity index (χ2v) is 8.41. The molecule has 29 heavy (non-hydrogen) atoms. The molecule has 0 atom stereocenters. The lowest BCUT2D eigenvalue weighted by molar-refractivity contribution is 0.177. The van der Waals surface area contributed by atoms with E-state index >= 15 is 0 Å². The van der Waals surface area contributed by atoms with Crippen molar-refractivity contribution in [2.75, 3.05) is 38.7 Å². The van der Waals surface area contributed by atoms with Crippen LogP contribution in [-0.4, -0.2) is 60.5 Å². The number of nitrogens with one attached hydrogen (secondary N) is 1. The summed E-state index contributed by atoms with van der Waals surface area (Å²) in [5, 5.41) is 14.1. The molecule has 1 saturated heterocycles. The lowest BCUT2D eigenvalue weighted by Gasteiger charge is -2.35. The molecular formula is C23H33N3O3. The van der Waals surface area contributed by atoms with Crippen molar-refractivity contribution in [1.29, 1.82) is 0 Å². The molecular weight excluding hydrogens is 366 g/mol. The maximum absolute atomic E-state index is 9.12. The van der Waals surface area contributed by atoms with Crippen LogP contribution in [0.25, 0.3) is 10.9 Å². The number of aliphatic hydroxyl groups is 1. The highest BCUT2D eigenvalue weighted by molar-refractivity contribution is 5.96. The lowest BCUT2D eigenvalue weighted by atomic mass is 10.0. The Kier molecular flexibility index (Phi) is 6.11. The number of aliphatic hydroxyl groups excluding tert-OH is 1. The molecule has 0 saturated carbocycles. The number of hydrogen-bond acceptors (Lipinski definition) is 6. The number of nitrogens with zero attached hydrogens (tertiary/aromatic N) is 2. The topological polar surface area (TPSA) is 66.9 Å². The van der Waals surface area contributed by atoms with E-state index in [0.29, 0.717) is 23.6 Å². The fourth-order valence-corrected chi connectivity index (χ4v) is 4.63. The number of anilines is 1. The number of methoxy groups -OCH3 is 1. The van der Waals surface area contributed by atoms with Crippen LogP contribution in [0.15, 0.2) is 12.1 Å². The van der Waals surface area contributed by atoms with E-state index in [2.05, 4.69) is 24.1 Å². The SMILES string of the molecule is COc1cc2c(NC3CCN(C(C)C)CC3)c3c(nc2cc1OCCO)CCC3. The monoisotopic (exact) mass is 399 g/mol. The van der Waals surface area contributed by atoms with Gasteiger partial charge in [-0.3, -0.25) is 4.98 Å². The zero-order valence-electron chi connectivity index (χ0n) is 17.8. The van der Waals surface area contributed by atoms with Crippen LogP contribution in [-0.2, 0) is 12.8 Å². The van der Waals surface area contributed by atoms with Crippen molar-refractivity contribution < 1.29 is 14.6 Å². The maximum Gasteiger partial charge on any atom is 0.163 e. The van der Waals surface area contributed by atoms with E-state index < -0.39 is 0 Å². The largest absolute Gasteiger partial charge is 0.493 e. The molecule has 1 aliphatic heterocycles. The quantitative estimate of drug-likeness (QED) is 0.744. The first-order valence-corrected chi connectivity index (χ1v) is 10.9. The third-order valence-electron chi connectivity index (χ3n) is 6.25. The van der Waals surface area contributed by atoms with Crippen LogP contribution in [0.1, 0.15) is 44.4 Å². The third kappa shape index (κ3) is 4.14. The van der Waals surface area contributed by atoms with Gasteiger partial charge in [-0.1, -0.05) is 0 Å². The van der Waals surface area contributed by atoms with Gasteiger partial charge in [-0.2, -0.15) is 0 Å². The van der Waals surface area contributed by atoms with Gasteiger partial charge in [0.2, 0.25) is 0 Å². The van der Waals surface area contributed by atoms with Crippen molar-refractivity contribution in [1.82, 2.24) is 9.88 Å². The summed E-state index contributed by atoms with van der Waals surface area (Å²) in [7, 11) is 1.66. The van der Waals surface area contributed by atoms with Crippen LogP contribution in [0.5, 0.6) is 11.5 Å². The average molecular weight is 400 g/mol. The Hall–Kier alpha value is -2.05. The molecule has 158 valence electrons. The fraction of sp³-hybridized carbons (Fsp3) is 0.609. The van der Waals surface area contributed by atoms with Gasteiger partial charge >= 0.3 is 0 Å². The van der Waals surface area contributed by atoms with E-state index in [1.807, 2.05) is 12.1 Å². The van der Waals surface area contributed by atoms with E-state index in [0.717, 1.165) is 56.1 Å². The summed E-state index contributed by atoms with van der Waals surface area (Å²) < 4.78 is 11.3. The Morgan fingerprint density at radius 3 is 2.69 bits per heavy atom. The van der Waals surface area contributed by atoms with Gasteiger partial charge in [0.15, 0.2) is 11.5 Å². The Morgan fingerprint density at radius 1 is 1.21 bits per heavy atom. The molecule has 0 spiro atoms. The van der Waals surface area contributed by atoms with E-state index in [1.165, 1.54) is 16.9 Å². The van der Waals surface area contributed by atoms with Gasteiger partial charge in [0.25, 0.3) is 0 Å². The molecule has 1 fully saturated rings. The molecule has 1 aromatic carbocycles. The van der Waals surface area contributed by atoms with Gasteiger partial charge < -0.3 is 24.8 Å². The van der Waals surface area contributed by atoms with Crippen LogP contribution in [0.3, 0.4) is 0 Å². The zero-order valence-corrected chi connectivity index (χ0v) is 17.8. The summed E-state index contributed by atoms with van der Waals surface area (Å²) in [6.07, 6.45) is 5.59. The van der Waals surface area contributed by atoms with E-state index in [9.17, 15) is 0 Å². The lowest BCUT2D eigenvalue weighted by Crippen LogP contribution is -2.42. The van der Waals surface area contributed by atoms with Crippen LogP contribution >= 0.6 is 0 Å². The van der Waals surface area contributed by atoms with Crippen molar-refractivity contribution in [3.8, 4) is 11.5 Å². The van der Waals surface area contributed by atoms with Crippen LogP contribution in [0.4, 0.5) is 5.69 Å². The fourth-order valence-electron chi connectivity index (χ4n) is 4.63. The number of hydrogen-bond donors (Lipinski definition) is 2. The third-order valence-corrected chi connectivity index (χ3v) is 6.25. The van der Waals surface area contributed by atoms with E-state index in [-0.39, 0.29) is 13.2 Å². The average Bonchev–Trinajstić information content (AvgIpc) is 3.20. The van der Waals surface area contributed by atoms with Crippen molar-refractivity contribution in [2.24, 2.45) is 0 Å². The molecule has 2 N–H and O–H groups in total. The molecule has 0 unspecified atom stereocenters. The second-order valence-electron chi connectivity index (χ2n) is 8.41. The first-order valence-electron chi connectivity index (χ1n) is 10.9. The summed E-state index contributed by atoms with van der Waals surface area (Å²) in [6, 6.07) is 5.09.